The summed E-state index contributed by atoms with van der Waals surface area (Å²) in [5.41, 5.74) is 5.41. The lowest BCUT2D eigenvalue weighted by Crippen LogP contribution is -2.48. The highest BCUT2D eigenvalue weighted by Gasteiger charge is 2.29. The number of H-pyrrole nitrogens is 1. The van der Waals surface area contributed by atoms with Gasteiger partial charge in [0.25, 0.3) is 0 Å². The maximum absolute atomic E-state index is 13.3. The fraction of sp³-hybridized carbons (Fsp3) is 0.333. The summed E-state index contributed by atoms with van der Waals surface area (Å²) >= 11 is 0. The second-order valence-corrected chi connectivity index (χ2v) is 15.5. The van der Waals surface area contributed by atoms with Gasteiger partial charge in [0.1, 0.15) is 23.6 Å². The number of ether oxygens (including phenoxy) is 2. The number of nitrogens with one attached hydrogen (secondary N) is 4. The normalized spacial score (nSPS) is 14.2. The van der Waals surface area contributed by atoms with Crippen molar-refractivity contribution < 1.29 is 56.8 Å². The van der Waals surface area contributed by atoms with E-state index in [1.165, 1.54) is 12.1 Å². The molecular weight excluding hydrogens is 812 g/mol. The molecule has 14 nitrogen and oxygen atoms in total. The van der Waals surface area contributed by atoms with E-state index in [-0.39, 0.29) is 41.8 Å². The SMILES string of the molecule is COc1ccc(CCNC[C@H](O)c2ccc(O)c3[nH]c(=O)ccc23)cc1NC(=O)CCc1ccc(-c2ccccc2)c(NC(=O)OC2CC[N+](C)(C)CC2)c1.O=C([O-])C(F)(F)F. The Labute approximate surface area is 355 Å². The molecule has 1 fully saturated rings. The molecule has 1 aliphatic heterocycles. The number of hydrogen-bond donors (Lipinski definition) is 6. The van der Waals surface area contributed by atoms with Gasteiger partial charge in [0, 0.05) is 42.8 Å². The number of aliphatic hydroxyl groups excluding tert-OH is 1. The number of rotatable bonds is 14. The predicted octanol–water partition coefficient (Wildman–Crippen LogP) is 5.43. The molecule has 330 valence electrons. The van der Waals surface area contributed by atoms with E-state index in [1.807, 2.05) is 66.7 Å². The number of carbonyl (C=O) groups excluding carboxylic acids is 3. The zero-order chi connectivity index (χ0) is 45.0. The highest BCUT2D eigenvalue weighted by molar-refractivity contribution is 5.94. The second-order valence-electron chi connectivity index (χ2n) is 15.5. The topological polar surface area (TPSA) is 202 Å². The number of carboxylic acids is 1. The fourth-order valence-electron chi connectivity index (χ4n) is 6.98. The van der Waals surface area contributed by atoms with Gasteiger partial charge in [-0.25, -0.2) is 4.79 Å². The number of aromatic hydroxyl groups is 1. The molecule has 0 unspecified atom stereocenters. The van der Waals surface area contributed by atoms with Crippen LogP contribution in [0.5, 0.6) is 11.5 Å². The summed E-state index contributed by atoms with van der Waals surface area (Å²) in [7, 11) is 5.93. The number of amides is 2. The van der Waals surface area contributed by atoms with E-state index in [4.69, 9.17) is 19.4 Å². The predicted molar refractivity (Wildman–Crippen MR) is 226 cm³/mol. The van der Waals surface area contributed by atoms with E-state index in [2.05, 4.69) is 35.0 Å². The average Bonchev–Trinajstić information content (AvgIpc) is 3.23. The van der Waals surface area contributed by atoms with Crippen molar-refractivity contribution >= 4 is 40.2 Å². The molecule has 0 bridgehead atoms. The lowest BCUT2D eigenvalue weighted by Gasteiger charge is -2.36. The number of phenols is 1. The summed E-state index contributed by atoms with van der Waals surface area (Å²) in [6.45, 7) is 2.71. The minimum Gasteiger partial charge on any atom is -0.542 e. The smallest absolute Gasteiger partial charge is 0.430 e. The maximum Gasteiger partial charge on any atom is 0.430 e. The molecule has 1 atom stereocenters. The summed E-state index contributed by atoms with van der Waals surface area (Å²) in [4.78, 5) is 49.5. The quantitative estimate of drug-likeness (QED) is 0.0618. The van der Waals surface area contributed by atoms with Crippen LogP contribution in [0.2, 0.25) is 0 Å². The minimum absolute atomic E-state index is 0.0598. The van der Waals surface area contributed by atoms with E-state index in [9.17, 15) is 37.8 Å². The number of benzene rings is 4. The minimum atomic E-state index is -5.19. The van der Waals surface area contributed by atoms with Gasteiger partial charge in [-0.15, -0.1) is 0 Å². The third-order valence-electron chi connectivity index (χ3n) is 10.4. The van der Waals surface area contributed by atoms with Crippen molar-refractivity contribution in [1.82, 2.24) is 10.3 Å². The molecule has 6 rings (SSSR count). The van der Waals surface area contributed by atoms with Crippen molar-refractivity contribution in [3.05, 3.63) is 118 Å². The summed E-state index contributed by atoms with van der Waals surface area (Å²) < 4.78 is 43.8. The number of aromatic nitrogens is 1. The highest BCUT2D eigenvalue weighted by atomic mass is 19.4. The molecule has 0 radical (unpaired) electrons. The number of aromatic amines is 1. The molecule has 4 aromatic carbocycles. The number of methoxy groups -OCH3 is 1. The molecule has 2 heterocycles. The molecule has 0 aliphatic carbocycles. The van der Waals surface area contributed by atoms with Crippen molar-refractivity contribution in [2.75, 3.05) is 58.0 Å². The van der Waals surface area contributed by atoms with Gasteiger partial charge in [-0.1, -0.05) is 54.6 Å². The van der Waals surface area contributed by atoms with Crippen LogP contribution in [-0.2, 0) is 27.2 Å². The number of aryl methyl sites for hydroxylation is 1. The Balaban J connectivity index is 0.000000955. The number of fused-ring (bicyclic) bond motifs is 1. The van der Waals surface area contributed by atoms with Gasteiger partial charge in [0.2, 0.25) is 11.5 Å². The van der Waals surface area contributed by atoms with Crippen molar-refractivity contribution in [1.29, 1.82) is 0 Å². The number of halogens is 3. The Morgan fingerprint density at radius 2 is 1.56 bits per heavy atom. The van der Waals surface area contributed by atoms with Gasteiger partial charge in [0.15, 0.2) is 0 Å². The standard InChI is InChI=1S/C43H49N5O7.C2HF3O2/c1-48(2)23-20-31(21-24-48)55-43(53)46-35-25-28(9-12-32(35)30-7-5-4-6-8-30)11-17-40(51)45-36-26-29(10-16-39(36)54-3)19-22-44-27-38(50)33-13-15-37(49)42-34(33)14-18-41(52)47-42;3-2(4,5)1(6)7/h4-10,12-16,18,25-26,31,38,44,50H,11,17,19-24,27H2,1-3H3,(H3-,45,46,47,49,51,52,53);(H,6,7)/t38-;/m0./s1. The molecule has 17 heteroatoms. The summed E-state index contributed by atoms with van der Waals surface area (Å²) in [6.07, 6.45) is -3.75. The molecule has 6 N–H and O–H groups in total. The van der Waals surface area contributed by atoms with Crippen molar-refractivity contribution in [2.24, 2.45) is 0 Å². The number of carboxylic acid groups (broad SMARTS) is 1. The van der Waals surface area contributed by atoms with Crippen LogP contribution in [0.4, 0.5) is 29.3 Å². The Bertz CT molecular complexity index is 2400. The zero-order valence-electron chi connectivity index (χ0n) is 34.5. The second kappa shape index (κ2) is 20.9. The lowest BCUT2D eigenvalue weighted by atomic mass is 9.99. The van der Waals surface area contributed by atoms with Crippen LogP contribution in [0.15, 0.2) is 95.8 Å². The first-order valence-corrected chi connectivity index (χ1v) is 19.9. The first-order valence-electron chi connectivity index (χ1n) is 19.9. The Kier molecular flexibility index (Phi) is 15.7. The van der Waals surface area contributed by atoms with Crippen LogP contribution < -0.4 is 31.4 Å². The van der Waals surface area contributed by atoms with Gasteiger partial charge >= 0.3 is 12.3 Å². The van der Waals surface area contributed by atoms with Crippen LogP contribution in [0.3, 0.4) is 0 Å². The molecule has 1 aliphatic rings. The molecule has 5 aromatic rings. The van der Waals surface area contributed by atoms with Gasteiger partial charge in [0.05, 0.1) is 57.3 Å². The summed E-state index contributed by atoms with van der Waals surface area (Å²) in [5.74, 6) is -2.71. The van der Waals surface area contributed by atoms with Gasteiger partial charge < -0.3 is 49.7 Å². The highest BCUT2D eigenvalue weighted by Crippen LogP contribution is 2.32. The van der Waals surface area contributed by atoms with Gasteiger partial charge in [-0.3, -0.25) is 14.9 Å². The average molecular weight is 862 g/mol. The maximum atomic E-state index is 13.3. The molecule has 0 spiro atoms. The van der Waals surface area contributed by atoms with Crippen LogP contribution >= 0.6 is 0 Å². The first kappa shape index (κ1) is 46.6. The third kappa shape index (κ3) is 13.3. The number of quaternary nitrogens is 1. The van der Waals surface area contributed by atoms with Crippen molar-refractivity contribution in [3.8, 4) is 22.6 Å². The zero-order valence-corrected chi connectivity index (χ0v) is 34.5. The van der Waals surface area contributed by atoms with E-state index in [0.29, 0.717) is 47.5 Å². The Hall–Kier alpha value is -6.43. The molecule has 2 amide bonds. The monoisotopic (exact) mass is 861 g/mol. The number of nitrogens with zero attached hydrogens (tertiary/aromatic N) is 1. The fourth-order valence-corrected chi connectivity index (χ4v) is 6.98. The van der Waals surface area contributed by atoms with E-state index < -0.39 is 24.3 Å². The lowest BCUT2D eigenvalue weighted by molar-refractivity contribution is -0.896. The number of pyridine rings is 1. The Morgan fingerprint density at radius 3 is 2.24 bits per heavy atom. The van der Waals surface area contributed by atoms with Gasteiger partial charge in [-0.05, 0) is 72.0 Å². The molecule has 62 heavy (non-hydrogen) atoms. The number of piperidine rings is 1. The summed E-state index contributed by atoms with van der Waals surface area (Å²) in [6, 6.07) is 27.4. The molecule has 1 saturated heterocycles. The molecular formula is C45H50F3N5O9. The van der Waals surface area contributed by atoms with Crippen LogP contribution in [0.25, 0.3) is 22.0 Å². The van der Waals surface area contributed by atoms with E-state index in [0.717, 1.165) is 52.7 Å². The van der Waals surface area contributed by atoms with Crippen molar-refractivity contribution in [3.63, 3.8) is 0 Å². The number of anilines is 2. The largest absolute Gasteiger partial charge is 0.542 e. The number of hydrogen-bond acceptors (Lipinski definition) is 10. The van der Waals surface area contributed by atoms with Crippen molar-refractivity contribution in [2.45, 2.75) is 50.5 Å². The number of alkyl halides is 3. The molecule has 0 saturated carbocycles. The van der Waals surface area contributed by atoms with E-state index >= 15 is 0 Å². The van der Waals surface area contributed by atoms with E-state index in [1.54, 1.807) is 19.2 Å². The Morgan fingerprint density at radius 1 is 0.903 bits per heavy atom. The number of phenolic OH excluding ortho intramolecular Hbond substituents is 1. The molecule has 1 aromatic heterocycles. The van der Waals surface area contributed by atoms with Gasteiger partial charge in [-0.2, -0.15) is 13.2 Å². The number of aliphatic hydroxyl groups is 1. The summed E-state index contributed by atoms with van der Waals surface area (Å²) in [5, 5.41) is 39.7. The first-order chi connectivity index (χ1) is 29.4. The number of aliphatic carboxylic acids is 1. The third-order valence-corrected chi connectivity index (χ3v) is 10.4. The van der Waals surface area contributed by atoms with Crippen LogP contribution in [0, 0.1) is 0 Å². The van der Waals surface area contributed by atoms with Crippen LogP contribution in [0.1, 0.15) is 42.1 Å². The number of likely N-dealkylation sites (tertiary alicyclic amines) is 1. The number of carbonyl (C=O) groups is 3. The van der Waals surface area contributed by atoms with Crippen LogP contribution in [-0.4, -0.2) is 97.3 Å².